The highest BCUT2D eigenvalue weighted by Gasteiger charge is 2.16. The van der Waals surface area contributed by atoms with Crippen molar-refractivity contribution in [3.8, 4) is 22.5 Å². The van der Waals surface area contributed by atoms with E-state index in [1.54, 1.807) is 0 Å². The third-order valence-electron chi connectivity index (χ3n) is 5.03. The number of hydrogen-bond donors (Lipinski definition) is 1. The van der Waals surface area contributed by atoms with Crippen molar-refractivity contribution in [1.82, 2.24) is 15.4 Å². The maximum atomic E-state index is 4.48. The van der Waals surface area contributed by atoms with Gasteiger partial charge in [0.1, 0.15) is 11.4 Å². The first-order valence-electron chi connectivity index (χ1n) is 9.42. The SMILES string of the molecule is CCc1cc(-c2n[nH]nc2-c2ccc(N(C)C)cc2)cc(CC)c1CC. The van der Waals surface area contributed by atoms with Crippen molar-refractivity contribution in [3.05, 3.63) is 53.1 Å². The average Bonchev–Trinajstić information content (AvgIpc) is 3.16. The molecule has 1 aromatic heterocycles. The maximum Gasteiger partial charge on any atom is 0.120 e. The van der Waals surface area contributed by atoms with Crippen LogP contribution in [0.1, 0.15) is 37.5 Å². The van der Waals surface area contributed by atoms with E-state index in [1.807, 2.05) is 14.1 Å². The molecule has 1 heterocycles. The predicted octanol–water partition coefficient (Wildman–Crippen LogP) is 4.89. The summed E-state index contributed by atoms with van der Waals surface area (Å²) in [6.45, 7) is 6.68. The molecule has 3 aromatic rings. The molecule has 0 saturated carbocycles. The van der Waals surface area contributed by atoms with E-state index in [2.05, 4.69) is 77.5 Å². The van der Waals surface area contributed by atoms with Crippen LogP contribution in [0.3, 0.4) is 0 Å². The monoisotopic (exact) mass is 348 g/mol. The Hall–Kier alpha value is -2.62. The van der Waals surface area contributed by atoms with Gasteiger partial charge in [-0.2, -0.15) is 15.4 Å². The molecule has 0 bridgehead atoms. The molecular formula is C22H28N4. The zero-order valence-electron chi connectivity index (χ0n) is 16.4. The topological polar surface area (TPSA) is 44.8 Å². The van der Waals surface area contributed by atoms with Gasteiger partial charge in [-0.3, -0.25) is 0 Å². The van der Waals surface area contributed by atoms with Crippen molar-refractivity contribution >= 4 is 5.69 Å². The molecule has 0 radical (unpaired) electrons. The van der Waals surface area contributed by atoms with Gasteiger partial charge in [-0.1, -0.05) is 32.9 Å². The number of aryl methyl sites for hydroxylation is 2. The number of hydrogen-bond acceptors (Lipinski definition) is 3. The number of nitrogens with zero attached hydrogens (tertiary/aromatic N) is 3. The summed E-state index contributed by atoms with van der Waals surface area (Å²) in [5, 5.41) is 11.7. The molecule has 4 nitrogen and oxygen atoms in total. The van der Waals surface area contributed by atoms with E-state index in [0.29, 0.717) is 0 Å². The van der Waals surface area contributed by atoms with E-state index in [9.17, 15) is 0 Å². The number of H-pyrrole nitrogens is 1. The second kappa shape index (κ2) is 7.73. The van der Waals surface area contributed by atoms with Crippen LogP contribution >= 0.6 is 0 Å². The first-order chi connectivity index (χ1) is 12.6. The molecule has 3 rings (SSSR count). The Labute approximate surface area is 156 Å². The summed E-state index contributed by atoms with van der Waals surface area (Å²) in [7, 11) is 4.09. The van der Waals surface area contributed by atoms with Crippen LogP contribution in [-0.2, 0) is 19.3 Å². The Morgan fingerprint density at radius 1 is 0.769 bits per heavy atom. The summed E-state index contributed by atoms with van der Waals surface area (Å²) in [4.78, 5) is 2.10. The lowest BCUT2D eigenvalue weighted by molar-refractivity contribution is 0.942. The van der Waals surface area contributed by atoms with Crippen molar-refractivity contribution in [1.29, 1.82) is 0 Å². The summed E-state index contributed by atoms with van der Waals surface area (Å²) in [6, 6.07) is 13.0. The molecule has 26 heavy (non-hydrogen) atoms. The molecule has 1 N–H and O–H groups in total. The Morgan fingerprint density at radius 2 is 1.31 bits per heavy atom. The molecule has 0 aliphatic carbocycles. The van der Waals surface area contributed by atoms with Gasteiger partial charge in [0.2, 0.25) is 0 Å². The van der Waals surface area contributed by atoms with E-state index >= 15 is 0 Å². The smallest absolute Gasteiger partial charge is 0.120 e. The minimum atomic E-state index is 0.906. The summed E-state index contributed by atoms with van der Waals surface area (Å²) < 4.78 is 0. The largest absolute Gasteiger partial charge is 0.378 e. The van der Waals surface area contributed by atoms with Gasteiger partial charge in [0.15, 0.2) is 0 Å². The van der Waals surface area contributed by atoms with Crippen LogP contribution < -0.4 is 4.90 Å². The van der Waals surface area contributed by atoms with Crippen LogP contribution in [-0.4, -0.2) is 29.5 Å². The van der Waals surface area contributed by atoms with Crippen LogP contribution in [0.4, 0.5) is 5.69 Å². The molecule has 0 fully saturated rings. The standard InChI is InChI=1S/C22H28N4/c1-6-15-13-18(14-16(7-2)20(15)8-3)22-21(23-25-24-22)17-9-11-19(12-10-17)26(4)5/h9-14H,6-8H2,1-5H3,(H,23,24,25). The van der Waals surface area contributed by atoms with Crippen LogP contribution in [0.2, 0.25) is 0 Å². The number of anilines is 1. The van der Waals surface area contributed by atoms with Crippen LogP contribution in [0.25, 0.3) is 22.5 Å². The summed E-state index contributed by atoms with van der Waals surface area (Å²) in [5.74, 6) is 0. The maximum absolute atomic E-state index is 4.48. The zero-order valence-corrected chi connectivity index (χ0v) is 16.4. The molecule has 0 spiro atoms. The third kappa shape index (κ3) is 3.36. The first kappa shape index (κ1) is 18.2. The van der Waals surface area contributed by atoms with Crippen LogP contribution in [0.15, 0.2) is 36.4 Å². The molecule has 2 aromatic carbocycles. The minimum absolute atomic E-state index is 0.906. The van der Waals surface area contributed by atoms with Gasteiger partial charge < -0.3 is 4.90 Å². The Bertz CT molecular complexity index is 850. The van der Waals surface area contributed by atoms with Crippen LogP contribution in [0, 0.1) is 0 Å². The molecular weight excluding hydrogens is 320 g/mol. The first-order valence-corrected chi connectivity index (χ1v) is 9.42. The van der Waals surface area contributed by atoms with Gasteiger partial charge in [-0.05, 0) is 60.2 Å². The van der Waals surface area contributed by atoms with Gasteiger partial charge in [-0.25, -0.2) is 0 Å². The Morgan fingerprint density at radius 3 is 1.77 bits per heavy atom. The summed E-state index contributed by atoms with van der Waals surface area (Å²) >= 11 is 0. The van der Waals surface area contributed by atoms with Gasteiger partial charge in [0.05, 0.1) is 0 Å². The lowest BCUT2D eigenvalue weighted by Crippen LogP contribution is -2.07. The van der Waals surface area contributed by atoms with Crippen molar-refractivity contribution in [2.75, 3.05) is 19.0 Å². The summed E-state index contributed by atoms with van der Waals surface area (Å²) in [5.41, 5.74) is 9.55. The van der Waals surface area contributed by atoms with Crippen molar-refractivity contribution in [2.45, 2.75) is 40.0 Å². The van der Waals surface area contributed by atoms with E-state index in [1.165, 1.54) is 22.4 Å². The van der Waals surface area contributed by atoms with E-state index in [0.717, 1.165) is 41.8 Å². The molecule has 0 saturated heterocycles. The normalized spacial score (nSPS) is 11.0. The fourth-order valence-electron chi connectivity index (χ4n) is 3.57. The van der Waals surface area contributed by atoms with Gasteiger partial charge in [0, 0.05) is 30.9 Å². The minimum Gasteiger partial charge on any atom is -0.378 e. The predicted molar refractivity (Wildman–Crippen MR) is 110 cm³/mol. The highest BCUT2D eigenvalue weighted by atomic mass is 15.3. The molecule has 136 valence electrons. The van der Waals surface area contributed by atoms with E-state index in [4.69, 9.17) is 0 Å². The van der Waals surface area contributed by atoms with Gasteiger partial charge in [0.25, 0.3) is 0 Å². The lowest BCUT2D eigenvalue weighted by atomic mass is 9.91. The Kier molecular flexibility index (Phi) is 5.40. The lowest BCUT2D eigenvalue weighted by Gasteiger charge is -2.15. The molecule has 0 aliphatic heterocycles. The average molecular weight is 348 g/mol. The fraction of sp³-hybridized carbons (Fsp3) is 0.364. The highest BCUT2D eigenvalue weighted by Crippen LogP contribution is 2.32. The van der Waals surface area contributed by atoms with Gasteiger partial charge in [-0.15, -0.1) is 0 Å². The second-order valence-electron chi connectivity index (χ2n) is 6.80. The number of rotatable bonds is 6. The van der Waals surface area contributed by atoms with Crippen molar-refractivity contribution in [2.24, 2.45) is 0 Å². The molecule has 4 heteroatoms. The number of aromatic amines is 1. The van der Waals surface area contributed by atoms with E-state index < -0.39 is 0 Å². The highest BCUT2D eigenvalue weighted by molar-refractivity contribution is 5.79. The van der Waals surface area contributed by atoms with E-state index in [-0.39, 0.29) is 0 Å². The third-order valence-corrected chi connectivity index (χ3v) is 5.03. The zero-order chi connectivity index (χ0) is 18.7. The molecule has 0 unspecified atom stereocenters. The molecule has 0 atom stereocenters. The Balaban J connectivity index is 2.08. The number of benzene rings is 2. The summed E-state index contributed by atoms with van der Waals surface area (Å²) in [6.07, 6.45) is 3.15. The van der Waals surface area contributed by atoms with Crippen LogP contribution in [0.5, 0.6) is 0 Å². The number of aromatic nitrogens is 3. The number of nitrogens with one attached hydrogen (secondary N) is 1. The fourth-order valence-corrected chi connectivity index (χ4v) is 3.57. The van der Waals surface area contributed by atoms with Crippen molar-refractivity contribution in [3.63, 3.8) is 0 Å². The van der Waals surface area contributed by atoms with Crippen molar-refractivity contribution < 1.29 is 0 Å². The van der Waals surface area contributed by atoms with Gasteiger partial charge >= 0.3 is 0 Å². The molecule has 0 aliphatic rings. The molecule has 0 amide bonds. The second-order valence-corrected chi connectivity index (χ2v) is 6.80. The quantitative estimate of drug-likeness (QED) is 0.689.